The molecule has 0 atom stereocenters. The lowest BCUT2D eigenvalue weighted by molar-refractivity contribution is -0.117. The van der Waals surface area contributed by atoms with E-state index in [1.807, 2.05) is 0 Å². The van der Waals surface area contributed by atoms with E-state index in [9.17, 15) is 18.3 Å². The fourth-order valence-corrected chi connectivity index (χ4v) is 1.66. The van der Waals surface area contributed by atoms with Crippen LogP contribution >= 0.6 is 0 Å². The molecule has 0 aromatic rings. The maximum Gasteiger partial charge on any atom is 0.265 e. The molecule has 0 fully saturated rings. The molecule has 0 radical (unpaired) electrons. The Bertz CT molecular complexity index is 461. The average Bonchev–Trinajstić information content (AvgIpc) is 2.18. The number of Topliss-reactive ketones (excluding diaryl/α,β-unsaturated/α-hetero) is 1. The number of ketones is 1. The predicted octanol–water partition coefficient (Wildman–Crippen LogP) is -0.560. The second-order valence-corrected chi connectivity index (χ2v) is 4.84. The fourth-order valence-electron chi connectivity index (χ4n) is 1.20. The van der Waals surface area contributed by atoms with Crippen LogP contribution in [0.3, 0.4) is 0 Å². The van der Waals surface area contributed by atoms with E-state index in [2.05, 4.69) is 4.99 Å². The third kappa shape index (κ3) is 3.40. The van der Waals surface area contributed by atoms with E-state index in [1.54, 1.807) is 0 Å². The molecular weight excluding hydrogens is 238 g/mol. The Labute approximate surface area is 91.9 Å². The Morgan fingerprint density at radius 3 is 2.50 bits per heavy atom. The van der Waals surface area contributed by atoms with Crippen LogP contribution < -0.4 is 0 Å². The van der Waals surface area contributed by atoms with Crippen LogP contribution in [0.5, 0.6) is 0 Å². The van der Waals surface area contributed by atoms with Crippen LogP contribution in [0, 0.1) is 0 Å². The van der Waals surface area contributed by atoms with Crippen molar-refractivity contribution >= 4 is 21.6 Å². The SMILES string of the molecule is O=C1CC(CO)=NC(CCS(=O)(=O)O)=C1O. The summed E-state index contributed by atoms with van der Waals surface area (Å²) in [6.45, 7) is -0.436. The van der Waals surface area contributed by atoms with Gasteiger partial charge in [-0.1, -0.05) is 0 Å². The van der Waals surface area contributed by atoms with Gasteiger partial charge in [0.25, 0.3) is 10.1 Å². The zero-order valence-electron chi connectivity index (χ0n) is 8.25. The minimum Gasteiger partial charge on any atom is -0.503 e. The molecule has 1 aliphatic rings. The minimum atomic E-state index is -4.18. The molecule has 0 saturated carbocycles. The molecule has 3 N–H and O–H groups in total. The monoisotopic (exact) mass is 249 g/mol. The second kappa shape index (κ2) is 4.73. The molecule has 0 saturated heterocycles. The van der Waals surface area contributed by atoms with Crippen LogP contribution in [0.15, 0.2) is 16.4 Å². The van der Waals surface area contributed by atoms with Gasteiger partial charge in [0.1, 0.15) is 0 Å². The largest absolute Gasteiger partial charge is 0.503 e. The highest BCUT2D eigenvalue weighted by Gasteiger charge is 2.22. The molecule has 0 aromatic carbocycles. The molecule has 8 heteroatoms. The number of hydrogen-bond donors (Lipinski definition) is 3. The molecule has 0 aliphatic carbocycles. The molecule has 7 nitrogen and oxygen atoms in total. The van der Waals surface area contributed by atoms with Gasteiger partial charge in [-0.05, 0) is 0 Å². The van der Waals surface area contributed by atoms with Crippen molar-refractivity contribution < 1.29 is 28.0 Å². The van der Waals surface area contributed by atoms with Crippen molar-refractivity contribution in [1.82, 2.24) is 0 Å². The lowest BCUT2D eigenvalue weighted by Gasteiger charge is -2.12. The molecular formula is C8H11NO6S. The summed E-state index contributed by atoms with van der Waals surface area (Å²) >= 11 is 0. The maximum atomic E-state index is 11.2. The topological polar surface area (TPSA) is 124 Å². The third-order valence-electron chi connectivity index (χ3n) is 1.97. The van der Waals surface area contributed by atoms with Crippen molar-refractivity contribution in [1.29, 1.82) is 0 Å². The highest BCUT2D eigenvalue weighted by Crippen LogP contribution is 2.18. The Morgan fingerprint density at radius 1 is 1.38 bits per heavy atom. The zero-order valence-corrected chi connectivity index (χ0v) is 9.07. The fraction of sp³-hybridized carbons (Fsp3) is 0.500. The van der Waals surface area contributed by atoms with Gasteiger partial charge in [0.2, 0.25) is 5.78 Å². The van der Waals surface area contributed by atoms with Gasteiger partial charge in [-0.25, -0.2) is 0 Å². The molecule has 0 unspecified atom stereocenters. The summed E-state index contributed by atoms with van der Waals surface area (Å²) in [4.78, 5) is 14.9. The summed E-state index contributed by atoms with van der Waals surface area (Å²) in [5.41, 5.74) is 0.0334. The van der Waals surface area contributed by atoms with Gasteiger partial charge >= 0.3 is 0 Å². The first kappa shape index (κ1) is 12.8. The Balaban J connectivity index is 2.88. The molecule has 0 aromatic heterocycles. The molecule has 90 valence electrons. The van der Waals surface area contributed by atoms with E-state index in [4.69, 9.17) is 9.66 Å². The molecule has 1 heterocycles. The van der Waals surface area contributed by atoms with Crippen LogP contribution in [-0.4, -0.2) is 47.0 Å². The van der Waals surface area contributed by atoms with Gasteiger partial charge < -0.3 is 10.2 Å². The smallest absolute Gasteiger partial charge is 0.265 e. The van der Waals surface area contributed by atoms with Gasteiger partial charge in [0.15, 0.2) is 5.76 Å². The first-order chi connectivity index (χ1) is 7.33. The summed E-state index contributed by atoms with van der Waals surface area (Å²) < 4.78 is 29.5. The molecule has 16 heavy (non-hydrogen) atoms. The quantitative estimate of drug-likeness (QED) is 0.573. The zero-order chi connectivity index (χ0) is 12.3. The summed E-state index contributed by atoms with van der Waals surface area (Å²) in [5.74, 6) is -1.87. The lowest BCUT2D eigenvalue weighted by atomic mass is 10.1. The predicted molar refractivity (Wildman–Crippen MR) is 54.8 cm³/mol. The lowest BCUT2D eigenvalue weighted by Crippen LogP contribution is -2.20. The van der Waals surface area contributed by atoms with E-state index in [-0.39, 0.29) is 24.3 Å². The van der Waals surface area contributed by atoms with Crippen molar-refractivity contribution in [3.63, 3.8) is 0 Å². The molecule has 0 bridgehead atoms. The summed E-state index contributed by atoms with van der Waals surface area (Å²) in [6.07, 6.45) is -0.461. The second-order valence-electron chi connectivity index (χ2n) is 3.27. The Hall–Kier alpha value is -1.25. The van der Waals surface area contributed by atoms with Gasteiger partial charge in [-0.3, -0.25) is 14.3 Å². The molecule has 1 aliphatic heterocycles. The number of carbonyl (C=O) groups excluding carboxylic acids is 1. The highest BCUT2D eigenvalue weighted by atomic mass is 32.2. The molecule has 1 rings (SSSR count). The highest BCUT2D eigenvalue weighted by molar-refractivity contribution is 7.85. The number of nitrogens with zero attached hydrogens (tertiary/aromatic N) is 1. The van der Waals surface area contributed by atoms with E-state index in [1.165, 1.54) is 0 Å². The first-order valence-corrected chi connectivity index (χ1v) is 6.02. The van der Waals surface area contributed by atoms with Crippen LogP contribution in [0.1, 0.15) is 12.8 Å². The first-order valence-electron chi connectivity index (χ1n) is 4.41. The molecule has 0 spiro atoms. The van der Waals surface area contributed by atoms with E-state index in [0.717, 1.165) is 0 Å². The van der Waals surface area contributed by atoms with Gasteiger partial charge in [0.05, 0.1) is 30.2 Å². The van der Waals surface area contributed by atoms with E-state index in [0.29, 0.717) is 0 Å². The average molecular weight is 249 g/mol. The van der Waals surface area contributed by atoms with Crippen molar-refractivity contribution in [2.45, 2.75) is 12.8 Å². The van der Waals surface area contributed by atoms with E-state index < -0.39 is 34.0 Å². The minimum absolute atomic E-state index is 0.127. The summed E-state index contributed by atoms with van der Waals surface area (Å²) in [7, 11) is -4.18. The van der Waals surface area contributed by atoms with Crippen LogP contribution in [0.25, 0.3) is 0 Å². The Kier molecular flexibility index (Phi) is 3.79. The maximum absolute atomic E-state index is 11.2. The number of hydrogen-bond acceptors (Lipinski definition) is 6. The molecule has 0 amide bonds. The number of allylic oxidation sites excluding steroid dienone is 2. The van der Waals surface area contributed by atoms with Gasteiger partial charge in [0, 0.05) is 6.42 Å². The third-order valence-corrected chi connectivity index (χ3v) is 2.69. The Morgan fingerprint density at radius 2 is 2.00 bits per heavy atom. The number of aliphatic hydroxyl groups excluding tert-OH is 2. The van der Waals surface area contributed by atoms with Crippen molar-refractivity contribution in [3.05, 3.63) is 11.5 Å². The number of aliphatic imine (C=N–C) groups is 1. The summed E-state index contributed by atoms with van der Waals surface area (Å²) in [6, 6.07) is 0. The van der Waals surface area contributed by atoms with E-state index >= 15 is 0 Å². The van der Waals surface area contributed by atoms with Crippen molar-refractivity contribution in [2.75, 3.05) is 12.4 Å². The van der Waals surface area contributed by atoms with Gasteiger partial charge in [-0.2, -0.15) is 8.42 Å². The summed E-state index contributed by atoms with van der Waals surface area (Å²) in [5, 5.41) is 18.1. The van der Waals surface area contributed by atoms with Crippen LogP contribution in [0.4, 0.5) is 0 Å². The number of rotatable bonds is 4. The van der Waals surface area contributed by atoms with Crippen LogP contribution in [-0.2, 0) is 14.9 Å². The number of aliphatic hydroxyl groups is 2. The van der Waals surface area contributed by atoms with Crippen molar-refractivity contribution in [3.8, 4) is 0 Å². The normalized spacial score (nSPS) is 17.6. The van der Waals surface area contributed by atoms with Crippen molar-refractivity contribution in [2.24, 2.45) is 4.99 Å². The number of carbonyl (C=O) groups is 1. The standard InChI is InChI=1S/C8H11NO6S/c10-4-5-3-7(11)8(12)6(9-5)1-2-16(13,14)15/h10,12H,1-4H2,(H,13,14,15). The van der Waals surface area contributed by atoms with Gasteiger partial charge in [-0.15, -0.1) is 0 Å². The van der Waals surface area contributed by atoms with Crippen LogP contribution in [0.2, 0.25) is 0 Å².